The molecule has 0 amide bonds. The number of fused-ring (bicyclic) bond motifs is 1. The van der Waals surface area contributed by atoms with Crippen molar-refractivity contribution in [3.63, 3.8) is 0 Å². The Balaban J connectivity index is 0.00000176. The fourth-order valence-electron chi connectivity index (χ4n) is 2.22. The first-order chi connectivity index (χ1) is 10.2. The van der Waals surface area contributed by atoms with Gasteiger partial charge < -0.3 is 14.7 Å². The molecule has 3 rings (SSSR count). The van der Waals surface area contributed by atoms with Crippen molar-refractivity contribution in [2.24, 2.45) is 5.73 Å². The van der Waals surface area contributed by atoms with Crippen molar-refractivity contribution in [3.05, 3.63) is 47.8 Å². The molecule has 22 heavy (non-hydrogen) atoms. The Morgan fingerprint density at radius 1 is 1.32 bits per heavy atom. The highest BCUT2D eigenvalue weighted by Crippen LogP contribution is 2.27. The molecule has 0 fully saturated rings. The summed E-state index contributed by atoms with van der Waals surface area (Å²) in [4.78, 5) is 6.31. The van der Waals surface area contributed by atoms with Gasteiger partial charge in [-0.25, -0.2) is 0 Å². The van der Waals surface area contributed by atoms with Crippen molar-refractivity contribution in [1.82, 2.24) is 15.0 Å². The van der Waals surface area contributed by atoms with Gasteiger partial charge in [0.15, 0.2) is 5.82 Å². The number of benzene rings is 1. The SMILES string of the molecule is CC(c1cc2ccccc2o1)N(C)Cc1noc(CN)n1.Cl. The highest BCUT2D eigenvalue weighted by molar-refractivity contribution is 5.85. The van der Waals surface area contributed by atoms with Crippen molar-refractivity contribution in [1.29, 1.82) is 0 Å². The molecule has 6 nitrogen and oxygen atoms in total. The van der Waals surface area contributed by atoms with Crippen LogP contribution in [0.1, 0.15) is 30.4 Å². The van der Waals surface area contributed by atoms with Crippen LogP contribution in [0.2, 0.25) is 0 Å². The predicted octanol–water partition coefficient (Wildman–Crippen LogP) is 2.89. The van der Waals surface area contributed by atoms with E-state index in [-0.39, 0.29) is 25.0 Å². The van der Waals surface area contributed by atoms with Crippen LogP contribution >= 0.6 is 12.4 Å². The lowest BCUT2D eigenvalue weighted by molar-refractivity contribution is 0.218. The number of aromatic nitrogens is 2. The van der Waals surface area contributed by atoms with Crippen molar-refractivity contribution in [2.75, 3.05) is 7.05 Å². The topological polar surface area (TPSA) is 81.3 Å². The molecule has 1 atom stereocenters. The smallest absolute Gasteiger partial charge is 0.240 e. The van der Waals surface area contributed by atoms with E-state index in [1.54, 1.807) is 0 Å². The molecule has 0 radical (unpaired) electrons. The minimum absolute atomic E-state index is 0. The summed E-state index contributed by atoms with van der Waals surface area (Å²) < 4.78 is 10.9. The van der Waals surface area contributed by atoms with E-state index >= 15 is 0 Å². The van der Waals surface area contributed by atoms with Crippen LogP contribution in [0.4, 0.5) is 0 Å². The van der Waals surface area contributed by atoms with E-state index in [1.165, 1.54) is 0 Å². The van der Waals surface area contributed by atoms with Gasteiger partial charge in [0.2, 0.25) is 5.89 Å². The number of halogens is 1. The summed E-state index contributed by atoms with van der Waals surface area (Å²) >= 11 is 0. The van der Waals surface area contributed by atoms with Crippen LogP contribution in [0, 0.1) is 0 Å². The van der Waals surface area contributed by atoms with Gasteiger partial charge in [-0.05, 0) is 26.1 Å². The normalized spacial score (nSPS) is 12.5. The maximum Gasteiger partial charge on any atom is 0.240 e. The van der Waals surface area contributed by atoms with Gasteiger partial charge >= 0.3 is 0 Å². The van der Waals surface area contributed by atoms with Gasteiger partial charge in [0.25, 0.3) is 0 Å². The van der Waals surface area contributed by atoms with Crippen molar-refractivity contribution >= 4 is 23.4 Å². The molecular formula is C15H19ClN4O2. The Hall–Kier alpha value is -1.89. The van der Waals surface area contributed by atoms with E-state index in [9.17, 15) is 0 Å². The van der Waals surface area contributed by atoms with Gasteiger partial charge in [0, 0.05) is 5.39 Å². The molecule has 7 heteroatoms. The summed E-state index contributed by atoms with van der Waals surface area (Å²) in [5.41, 5.74) is 6.36. The molecular weight excluding hydrogens is 304 g/mol. The van der Waals surface area contributed by atoms with Gasteiger partial charge in [-0.2, -0.15) is 4.98 Å². The maximum atomic E-state index is 5.89. The number of hydrogen-bond donors (Lipinski definition) is 1. The lowest BCUT2D eigenvalue weighted by Gasteiger charge is -2.20. The minimum Gasteiger partial charge on any atom is -0.459 e. The third-order valence-corrected chi connectivity index (χ3v) is 3.59. The number of para-hydroxylation sites is 1. The standard InChI is InChI=1S/C15H18N4O2.ClH/c1-10(13-7-11-5-3-4-6-12(11)20-13)19(2)9-14-17-15(8-16)21-18-14;/h3-7,10H,8-9,16H2,1-2H3;1H. The van der Waals surface area contributed by atoms with Crippen LogP contribution in [0.15, 0.2) is 39.3 Å². The summed E-state index contributed by atoms with van der Waals surface area (Å²) in [6.07, 6.45) is 0. The van der Waals surface area contributed by atoms with Gasteiger partial charge in [-0.1, -0.05) is 23.4 Å². The monoisotopic (exact) mass is 322 g/mol. The van der Waals surface area contributed by atoms with Gasteiger partial charge in [0.05, 0.1) is 19.1 Å². The zero-order chi connectivity index (χ0) is 14.8. The number of nitrogens with two attached hydrogens (primary N) is 1. The van der Waals surface area contributed by atoms with E-state index in [2.05, 4.69) is 28.0 Å². The van der Waals surface area contributed by atoms with Crippen LogP contribution < -0.4 is 5.73 Å². The second-order valence-electron chi connectivity index (χ2n) is 5.09. The Morgan fingerprint density at radius 3 is 2.77 bits per heavy atom. The molecule has 3 aromatic rings. The molecule has 0 aliphatic carbocycles. The van der Waals surface area contributed by atoms with Crippen molar-refractivity contribution < 1.29 is 8.94 Å². The Bertz CT molecular complexity index is 707. The molecule has 0 aliphatic rings. The first-order valence-corrected chi connectivity index (χ1v) is 6.87. The number of hydrogen-bond acceptors (Lipinski definition) is 6. The maximum absolute atomic E-state index is 5.89. The highest BCUT2D eigenvalue weighted by Gasteiger charge is 2.18. The third-order valence-electron chi connectivity index (χ3n) is 3.59. The molecule has 2 aromatic heterocycles. The summed E-state index contributed by atoms with van der Waals surface area (Å²) in [5.74, 6) is 2.00. The summed E-state index contributed by atoms with van der Waals surface area (Å²) in [7, 11) is 2.00. The molecule has 118 valence electrons. The van der Waals surface area contributed by atoms with Crippen LogP contribution in [0.5, 0.6) is 0 Å². The molecule has 0 bridgehead atoms. The molecule has 2 N–H and O–H groups in total. The second kappa shape index (κ2) is 6.91. The van der Waals surface area contributed by atoms with Gasteiger partial charge in [-0.15, -0.1) is 12.4 Å². The zero-order valence-corrected chi connectivity index (χ0v) is 13.3. The van der Waals surface area contributed by atoms with Crippen LogP contribution in [0.25, 0.3) is 11.0 Å². The average molecular weight is 323 g/mol. The van der Waals surface area contributed by atoms with Crippen LogP contribution in [-0.2, 0) is 13.1 Å². The Labute approximate surface area is 134 Å². The average Bonchev–Trinajstić information content (AvgIpc) is 3.12. The van der Waals surface area contributed by atoms with Gasteiger partial charge in [0.1, 0.15) is 11.3 Å². The van der Waals surface area contributed by atoms with Gasteiger partial charge in [-0.3, -0.25) is 4.90 Å². The molecule has 2 heterocycles. The summed E-state index contributed by atoms with van der Waals surface area (Å²) in [5, 5.41) is 5.02. The third kappa shape index (κ3) is 3.30. The molecule has 0 saturated heterocycles. The fourth-order valence-corrected chi connectivity index (χ4v) is 2.22. The lowest BCUT2D eigenvalue weighted by Crippen LogP contribution is -2.22. The molecule has 1 unspecified atom stereocenters. The molecule has 0 aliphatic heterocycles. The van der Waals surface area contributed by atoms with E-state index in [1.807, 2.05) is 31.3 Å². The Morgan fingerprint density at radius 2 is 2.09 bits per heavy atom. The number of rotatable bonds is 5. The van der Waals surface area contributed by atoms with E-state index in [0.29, 0.717) is 18.3 Å². The minimum atomic E-state index is 0. The number of nitrogens with zero attached hydrogens (tertiary/aromatic N) is 3. The zero-order valence-electron chi connectivity index (χ0n) is 12.5. The quantitative estimate of drug-likeness (QED) is 0.778. The molecule has 1 aromatic carbocycles. The van der Waals surface area contributed by atoms with E-state index in [4.69, 9.17) is 14.7 Å². The van der Waals surface area contributed by atoms with Crippen molar-refractivity contribution in [2.45, 2.75) is 26.1 Å². The van der Waals surface area contributed by atoms with E-state index < -0.39 is 0 Å². The molecule has 0 spiro atoms. The van der Waals surface area contributed by atoms with Crippen molar-refractivity contribution in [3.8, 4) is 0 Å². The van der Waals surface area contributed by atoms with Crippen LogP contribution in [-0.4, -0.2) is 22.1 Å². The lowest BCUT2D eigenvalue weighted by atomic mass is 10.2. The summed E-state index contributed by atoms with van der Waals surface area (Å²) in [6, 6.07) is 10.2. The fraction of sp³-hybridized carbons (Fsp3) is 0.333. The first-order valence-electron chi connectivity index (χ1n) is 6.87. The highest BCUT2D eigenvalue weighted by atomic mass is 35.5. The largest absolute Gasteiger partial charge is 0.459 e. The second-order valence-corrected chi connectivity index (χ2v) is 5.09. The Kier molecular flexibility index (Phi) is 5.18. The predicted molar refractivity (Wildman–Crippen MR) is 85.5 cm³/mol. The molecule has 0 saturated carbocycles. The first kappa shape index (κ1) is 16.5. The van der Waals surface area contributed by atoms with E-state index in [0.717, 1.165) is 16.7 Å². The number of furan rings is 1. The van der Waals surface area contributed by atoms with Crippen LogP contribution in [0.3, 0.4) is 0 Å². The summed E-state index contributed by atoms with van der Waals surface area (Å²) in [6.45, 7) is 2.92.